The molecule has 0 aromatic carbocycles. The average Bonchev–Trinajstić information content (AvgIpc) is 1.90. The van der Waals surface area contributed by atoms with Gasteiger partial charge in [-0.2, -0.15) is 0 Å². The first kappa shape index (κ1) is 5.09. The molecule has 0 fully saturated rings. The molecule has 0 aromatic rings. The predicted octanol–water partition coefficient (Wildman–Crippen LogP) is 1.04. The molecule has 42 valence electrons. The Morgan fingerprint density at radius 2 is 2.62 bits per heavy atom. The van der Waals surface area contributed by atoms with E-state index in [9.17, 15) is 0 Å². The molecule has 0 amide bonds. The maximum absolute atomic E-state index is 3.82. The van der Waals surface area contributed by atoms with Crippen molar-refractivity contribution in [3.63, 3.8) is 0 Å². The Bertz CT molecular complexity index is 154. The molecule has 0 spiro atoms. The molecule has 8 heavy (non-hydrogen) atoms. The van der Waals surface area contributed by atoms with Crippen molar-refractivity contribution in [2.45, 2.75) is 6.92 Å². The Balaban J connectivity index is 2.66. The van der Waals surface area contributed by atoms with Crippen molar-refractivity contribution >= 4 is 6.34 Å². The predicted molar refractivity (Wildman–Crippen MR) is 34.5 cm³/mol. The number of aliphatic imine (C=N–C) groups is 1. The maximum atomic E-state index is 3.82. The summed E-state index contributed by atoms with van der Waals surface area (Å²) in [5.74, 6) is 0. The number of nitrogens with one attached hydrogen (secondary N) is 1. The van der Waals surface area contributed by atoms with Crippen LogP contribution in [0.2, 0.25) is 0 Å². The van der Waals surface area contributed by atoms with Crippen molar-refractivity contribution in [3.05, 3.63) is 24.0 Å². The summed E-state index contributed by atoms with van der Waals surface area (Å²) in [6.07, 6.45) is 7.32. The van der Waals surface area contributed by atoms with Gasteiger partial charge in [0.1, 0.15) is 0 Å². The van der Waals surface area contributed by atoms with E-state index in [-0.39, 0.29) is 0 Å². The lowest BCUT2D eigenvalue weighted by Gasteiger charge is -2.00. The van der Waals surface area contributed by atoms with E-state index in [1.165, 1.54) is 0 Å². The standard InChI is InChI=1S/C6H8N2/c1-2-6-3-4-7-5-8-6/h2-5H,1H3,(H,7,8). The Kier molecular flexibility index (Phi) is 1.47. The van der Waals surface area contributed by atoms with Crippen molar-refractivity contribution in [2.75, 3.05) is 0 Å². The van der Waals surface area contributed by atoms with Crippen LogP contribution in [0.5, 0.6) is 0 Å². The molecule has 1 aliphatic rings. The van der Waals surface area contributed by atoms with E-state index in [4.69, 9.17) is 0 Å². The van der Waals surface area contributed by atoms with Crippen LogP contribution >= 0.6 is 0 Å². The molecule has 1 aliphatic heterocycles. The van der Waals surface area contributed by atoms with Gasteiger partial charge < -0.3 is 5.32 Å². The molecular formula is C6H8N2. The molecule has 1 rings (SSSR count). The fourth-order valence-electron chi connectivity index (χ4n) is 0.506. The monoisotopic (exact) mass is 108 g/mol. The lowest BCUT2D eigenvalue weighted by atomic mass is 10.4. The largest absolute Gasteiger partial charge is 0.347 e. The van der Waals surface area contributed by atoms with E-state index < -0.39 is 0 Å². The second-order valence-corrected chi connectivity index (χ2v) is 1.48. The molecule has 0 radical (unpaired) electrons. The summed E-state index contributed by atoms with van der Waals surface area (Å²) < 4.78 is 0. The maximum Gasteiger partial charge on any atom is 0.0922 e. The Labute approximate surface area is 48.6 Å². The highest BCUT2D eigenvalue weighted by molar-refractivity contribution is 5.61. The lowest BCUT2D eigenvalue weighted by Crippen LogP contribution is -2.10. The third kappa shape index (κ3) is 0.964. The average molecular weight is 108 g/mol. The normalized spacial score (nSPS) is 21.4. The van der Waals surface area contributed by atoms with E-state index >= 15 is 0 Å². The SMILES string of the molecule is CC=C1C=CN=CN1. The Morgan fingerprint density at radius 3 is 3.00 bits per heavy atom. The lowest BCUT2D eigenvalue weighted by molar-refractivity contribution is 1.16. The molecule has 1 heterocycles. The minimum atomic E-state index is 1.10. The van der Waals surface area contributed by atoms with Gasteiger partial charge in [-0.15, -0.1) is 0 Å². The molecule has 0 aromatic heterocycles. The summed E-state index contributed by atoms with van der Waals surface area (Å²) in [6, 6.07) is 0. The fraction of sp³-hybridized carbons (Fsp3) is 0.167. The highest BCUT2D eigenvalue weighted by atomic mass is 15.0. The molecule has 0 aliphatic carbocycles. The van der Waals surface area contributed by atoms with Crippen LogP contribution in [0.4, 0.5) is 0 Å². The van der Waals surface area contributed by atoms with Crippen LogP contribution in [-0.2, 0) is 0 Å². The third-order valence-corrected chi connectivity index (χ3v) is 0.957. The Morgan fingerprint density at radius 1 is 1.75 bits per heavy atom. The van der Waals surface area contributed by atoms with Crippen molar-refractivity contribution in [1.82, 2.24) is 5.32 Å². The summed E-state index contributed by atoms with van der Waals surface area (Å²) in [4.78, 5) is 3.82. The first-order valence-corrected chi connectivity index (χ1v) is 2.54. The van der Waals surface area contributed by atoms with Gasteiger partial charge in [0.25, 0.3) is 0 Å². The van der Waals surface area contributed by atoms with Gasteiger partial charge in [-0.3, -0.25) is 0 Å². The molecular weight excluding hydrogens is 100 g/mol. The highest BCUT2D eigenvalue weighted by Gasteiger charge is 1.86. The second-order valence-electron chi connectivity index (χ2n) is 1.48. The van der Waals surface area contributed by atoms with Gasteiger partial charge in [0.15, 0.2) is 0 Å². The minimum absolute atomic E-state index is 1.10. The number of allylic oxidation sites excluding steroid dienone is 2. The molecule has 2 heteroatoms. The first-order valence-electron chi connectivity index (χ1n) is 2.54. The quantitative estimate of drug-likeness (QED) is 0.492. The van der Waals surface area contributed by atoms with Crippen LogP contribution in [0.25, 0.3) is 0 Å². The summed E-state index contributed by atoms with van der Waals surface area (Å²) in [5, 5.41) is 2.95. The number of hydrogen-bond acceptors (Lipinski definition) is 2. The van der Waals surface area contributed by atoms with Crippen molar-refractivity contribution in [1.29, 1.82) is 0 Å². The smallest absolute Gasteiger partial charge is 0.0922 e. The summed E-state index contributed by atoms with van der Waals surface area (Å²) in [5.41, 5.74) is 1.10. The number of hydrogen-bond donors (Lipinski definition) is 1. The highest BCUT2D eigenvalue weighted by Crippen LogP contribution is 1.93. The fourth-order valence-corrected chi connectivity index (χ4v) is 0.506. The second kappa shape index (κ2) is 2.31. The van der Waals surface area contributed by atoms with Crippen LogP contribution in [-0.4, -0.2) is 6.34 Å². The van der Waals surface area contributed by atoms with Gasteiger partial charge in [0.05, 0.1) is 6.34 Å². The summed E-state index contributed by atoms with van der Waals surface area (Å²) in [6.45, 7) is 1.98. The molecule has 2 nitrogen and oxygen atoms in total. The van der Waals surface area contributed by atoms with Crippen LogP contribution in [0.15, 0.2) is 29.0 Å². The molecule has 0 bridgehead atoms. The van der Waals surface area contributed by atoms with E-state index in [0.29, 0.717) is 0 Å². The third-order valence-electron chi connectivity index (χ3n) is 0.957. The first-order chi connectivity index (χ1) is 3.93. The molecule has 0 saturated carbocycles. The van der Waals surface area contributed by atoms with E-state index in [0.717, 1.165) is 5.70 Å². The zero-order chi connectivity index (χ0) is 5.82. The van der Waals surface area contributed by atoms with Crippen molar-refractivity contribution in [3.8, 4) is 0 Å². The molecule has 0 unspecified atom stereocenters. The minimum Gasteiger partial charge on any atom is -0.347 e. The Hall–Kier alpha value is -1.05. The van der Waals surface area contributed by atoms with E-state index in [1.54, 1.807) is 12.5 Å². The molecule has 1 N–H and O–H groups in total. The topological polar surface area (TPSA) is 24.4 Å². The van der Waals surface area contributed by atoms with Crippen LogP contribution in [0.3, 0.4) is 0 Å². The van der Waals surface area contributed by atoms with Gasteiger partial charge in [-0.05, 0) is 13.0 Å². The van der Waals surface area contributed by atoms with Crippen LogP contribution in [0.1, 0.15) is 6.92 Å². The van der Waals surface area contributed by atoms with Gasteiger partial charge >= 0.3 is 0 Å². The van der Waals surface area contributed by atoms with E-state index in [2.05, 4.69) is 10.3 Å². The van der Waals surface area contributed by atoms with Gasteiger partial charge in [0, 0.05) is 11.9 Å². The molecule has 0 saturated heterocycles. The van der Waals surface area contributed by atoms with Crippen LogP contribution in [0, 0.1) is 0 Å². The summed E-state index contributed by atoms with van der Waals surface area (Å²) >= 11 is 0. The van der Waals surface area contributed by atoms with E-state index in [1.807, 2.05) is 19.1 Å². The zero-order valence-electron chi connectivity index (χ0n) is 4.76. The van der Waals surface area contributed by atoms with Crippen LogP contribution < -0.4 is 5.32 Å². The number of nitrogens with zero attached hydrogens (tertiary/aromatic N) is 1. The van der Waals surface area contributed by atoms with Gasteiger partial charge in [0.2, 0.25) is 0 Å². The van der Waals surface area contributed by atoms with Crippen molar-refractivity contribution in [2.24, 2.45) is 4.99 Å². The van der Waals surface area contributed by atoms with Gasteiger partial charge in [-0.25, -0.2) is 4.99 Å². The number of rotatable bonds is 0. The molecule has 0 atom stereocenters. The summed E-state index contributed by atoms with van der Waals surface area (Å²) in [7, 11) is 0. The zero-order valence-corrected chi connectivity index (χ0v) is 4.76. The van der Waals surface area contributed by atoms with Crippen molar-refractivity contribution < 1.29 is 0 Å². The van der Waals surface area contributed by atoms with Gasteiger partial charge in [-0.1, -0.05) is 6.08 Å².